The van der Waals surface area contributed by atoms with E-state index in [1.54, 1.807) is 18.3 Å². The molecular weight excluding hydrogens is 330 g/mol. The zero-order valence-electron chi connectivity index (χ0n) is 13.5. The van der Waals surface area contributed by atoms with Crippen LogP contribution in [0.5, 0.6) is 0 Å². The van der Waals surface area contributed by atoms with Gasteiger partial charge >= 0.3 is 0 Å². The largest absolute Gasteiger partial charge is 0.381 e. The van der Waals surface area contributed by atoms with E-state index in [0.717, 1.165) is 40.3 Å². The van der Waals surface area contributed by atoms with Gasteiger partial charge in [0, 0.05) is 24.0 Å². The van der Waals surface area contributed by atoms with Crippen LogP contribution in [0.15, 0.2) is 4.52 Å². The van der Waals surface area contributed by atoms with Gasteiger partial charge in [0.25, 0.3) is 5.89 Å². The highest BCUT2D eigenvalue weighted by Crippen LogP contribution is 2.42. The van der Waals surface area contributed by atoms with Gasteiger partial charge in [-0.3, -0.25) is 4.79 Å². The van der Waals surface area contributed by atoms with Crippen LogP contribution in [0.4, 0.5) is 5.00 Å². The summed E-state index contributed by atoms with van der Waals surface area (Å²) in [7, 11) is 0. The summed E-state index contributed by atoms with van der Waals surface area (Å²) in [6.45, 7) is 4.30. The number of aryl methyl sites for hydroxylation is 1. The van der Waals surface area contributed by atoms with Crippen molar-refractivity contribution in [2.75, 3.05) is 25.1 Å². The first-order valence-corrected chi connectivity index (χ1v) is 8.95. The Labute approximate surface area is 143 Å². The predicted octanol–water partition coefficient (Wildman–Crippen LogP) is 2.54. The molecule has 1 fully saturated rings. The Hall–Kier alpha value is -1.77. The number of carbonyl (C=O) groups is 1. The molecule has 2 aliphatic heterocycles. The lowest BCUT2D eigenvalue weighted by molar-refractivity contribution is -0.122. The summed E-state index contributed by atoms with van der Waals surface area (Å²) in [5.74, 6) is 1.08. The molecular formula is C16H19N3O4S. The number of thiophene rings is 1. The number of carbonyl (C=O) groups excluding carboxylic acids is 1. The first-order valence-electron chi connectivity index (χ1n) is 8.14. The molecule has 4 heterocycles. The minimum absolute atomic E-state index is 0.00796. The number of rotatable bonds is 3. The SMILES string of the molecule is Cc1noc(-c2c(NC(=O)C3CCOCC3)sc3c2CCOC3)n1. The van der Waals surface area contributed by atoms with Crippen LogP contribution in [-0.2, 0) is 27.3 Å². The lowest BCUT2D eigenvalue weighted by atomic mass is 9.99. The van der Waals surface area contributed by atoms with E-state index < -0.39 is 0 Å². The fraction of sp³-hybridized carbons (Fsp3) is 0.562. The molecule has 2 aliphatic rings. The standard InChI is InChI=1S/C16H19N3O4S/c1-9-17-15(23-19-9)13-11-4-7-22-8-12(11)24-16(13)18-14(20)10-2-5-21-6-3-10/h10H,2-8H2,1H3,(H,18,20). The van der Waals surface area contributed by atoms with Crippen molar-refractivity contribution in [3.8, 4) is 11.5 Å². The summed E-state index contributed by atoms with van der Waals surface area (Å²) < 4.78 is 16.3. The summed E-state index contributed by atoms with van der Waals surface area (Å²) >= 11 is 1.54. The van der Waals surface area contributed by atoms with Crippen molar-refractivity contribution in [3.63, 3.8) is 0 Å². The summed E-state index contributed by atoms with van der Waals surface area (Å²) in [6.07, 6.45) is 2.31. The highest BCUT2D eigenvalue weighted by molar-refractivity contribution is 7.17. The van der Waals surface area contributed by atoms with Gasteiger partial charge in [0.2, 0.25) is 5.91 Å². The van der Waals surface area contributed by atoms with E-state index in [0.29, 0.717) is 38.1 Å². The molecule has 1 amide bonds. The average Bonchev–Trinajstić information content (AvgIpc) is 3.18. The molecule has 0 atom stereocenters. The number of nitrogens with one attached hydrogen (secondary N) is 1. The Bertz CT molecular complexity index is 749. The molecule has 7 nitrogen and oxygen atoms in total. The number of ether oxygens (including phenoxy) is 2. The molecule has 0 spiro atoms. The fourth-order valence-corrected chi connectivity index (χ4v) is 4.30. The Morgan fingerprint density at radius 3 is 2.83 bits per heavy atom. The first-order chi connectivity index (χ1) is 11.7. The van der Waals surface area contributed by atoms with Gasteiger partial charge in [-0.15, -0.1) is 11.3 Å². The van der Waals surface area contributed by atoms with Gasteiger partial charge in [0.05, 0.1) is 18.8 Å². The maximum Gasteiger partial charge on any atom is 0.261 e. The second-order valence-corrected chi connectivity index (χ2v) is 7.14. The van der Waals surface area contributed by atoms with Crippen molar-refractivity contribution < 1.29 is 18.8 Å². The van der Waals surface area contributed by atoms with Crippen molar-refractivity contribution in [2.24, 2.45) is 5.92 Å². The summed E-state index contributed by atoms with van der Waals surface area (Å²) in [4.78, 5) is 18.1. The van der Waals surface area contributed by atoms with Gasteiger partial charge in [-0.05, 0) is 31.7 Å². The van der Waals surface area contributed by atoms with E-state index >= 15 is 0 Å². The maximum atomic E-state index is 12.6. The molecule has 24 heavy (non-hydrogen) atoms. The van der Waals surface area contributed by atoms with E-state index in [1.165, 1.54) is 0 Å². The van der Waals surface area contributed by atoms with Crippen molar-refractivity contribution in [3.05, 3.63) is 16.3 Å². The van der Waals surface area contributed by atoms with Gasteiger partial charge < -0.3 is 19.3 Å². The summed E-state index contributed by atoms with van der Waals surface area (Å²) in [5, 5.41) is 7.76. The average molecular weight is 349 g/mol. The Morgan fingerprint density at radius 1 is 1.25 bits per heavy atom. The molecule has 0 unspecified atom stereocenters. The van der Waals surface area contributed by atoms with E-state index in [2.05, 4.69) is 15.5 Å². The van der Waals surface area contributed by atoms with Crippen LogP contribution >= 0.6 is 11.3 Å². The molecule has 2 aromatic heterocycles. The number of hydrogen-bond acceptors (Lipinski definition) is 7. The number of nitrogens with zero attached hydrogens (tertiary/aromatic N) is 2. The second kappa shape index (κ2) is 6.62. The summed E-state index contributed by atoms with van der Waals surface area (Å²) in [6, 6.07) is 0. The molecule has 0 bridgehead atoms. The van der Waals surface area contributed by atoms with Crippen LogP contribution in [0.2, 0.25) is 0 Å². The van der Waals surface area contributed by atoms with Crippen LogP contribution in [-0.4, -0.2) is 35.9 Å². The number of aromatic nitrogens is 2. The summed E-state index contributed by atoms with van der Waals surface area (Å²) in [5.41, 5.74) is 2.01. The number of anilines is 1. The fourth-order valence-electron chi connectivity index (χ4n) is 3.12. The Morgan fingerprint density at radius 2 is 2.08 bits per heavy atom. The van der Waals surface area contributed by atoms with Crippen LogP contribution in [0.3, 0.4) is 0 Å². The number of fused-ring (bicyclic) bond motifs is 1. The van der Waals surface area contributed by atoms with Crippen LogP contribution < -0.4 is 5.32 Å². The smallest absolute Gasteiger partial charge is 0.261 e. The minimum Gasteiger partial charge on any atom is -0.381 e. The molecule has 1 N–H and O–H groups in total. The van der Waals surface area contributed by atoms with Crippen molar-refractivity contribution in [1.82, 2.24) is 10.1 Å². The molecule has 0 radical (unpaired) electrons. The number of hydrogen-bond donors (Lipinski definition) is 1. The second-order valence-electron chi connectivity index (χ2n) is 6.03. The molecule has 4 rings (SSSR count). The molecule has 2 aromatic rings. The lowest BCUT2D eigenvalue weighted by Gasteiger charge is -2.21. The van der Waals surface area contributed by atoms with Crippen LogP contribution in [0, 0.1) is 12.8 Å². The predicted molar refractivity (Wildman–Crippen MR) is 87.9 cm³/mol. The monoisotopic (exact) mass is 349 g/mol. The quantitative estimate of drug-likeness (QED) is 0.916. The zero-order chi connectivity index (χ0) is 16.5. The van der Waals surface area contributed by atoms with Gasteiger partial charge in [-0.25, -0.2) is 0 Å². The van der Waals surface area contributed by atoms with Crippen LogP contribution in [0.1, 0.15) is 29.1 Å². The Kier molecular flexibility index (Phi) is 4.34. The third kappa shape index (κ3) is 2.97. The number of amides is 1. The lowest BCUT2D eigenvalue weighted by Crippen LogP contribution is -2.28. The van der Waals surface area contributed by atoms with E-state index in [9.17, 15) is 4.79 Å². The third-order valence-corrected chi connectivity index (χ3v) is 5.51. The molecule has 8 heteroatoms. The normalized spacial score (nSPS) is 18.4. The van der Waals surface area contributed by atoms with E-state index in [1.807, 2.05) is 0 Å². The topological polar surface area (TPSA) is 86.5 Å². The van der Waals surface area contributed by atoms with E-state index in [-0.39, 0.29) is 11.8 Å². The zero-order valence-corrected chi connectivity index (χ0v) is 14.3. The van der Waals surface area contributed by atoms with Crippen molar-refractivity contribution >= 4 is 22.2 Å². The third-order valence-electron chi connectivity index (χ3n) is 4.39. The van der Waals surface area contributed by atoms with E-state index in [4.69, 9.17) is 14.0 Å². The van der Waals surface area contributed by atoms with Gasteiger partial charge in [0.1, 0.15) is 5.00 Å². The van der Waals surface area contributed by atoms with Crippen molar-refractivity contribution in [1.29, 1.82) is 0 Å². The molecule has 0 aliphatic carbocycles. The van der Waals surface area contributed by atoms with Gasteiger partial charge in [-0.2, -0.15) is 4.98 Å². The molecule has 0 saturated carbocycles. The highest BCUT2D eigenvalue weighted by atomic mass is 32.1. The van der Waals surface area contributed by atoms with Crippen LogP contribution in [0.25, 0.3) is 11.5 Å². The maximum absolute atomic E-state index is 12.6. The van der Waals surface area contributed by atoms with Gasteiger partial charge in [0.15, 0.2) is 5.82 Å². The highest BCUT2D eigenvalue weighted by Gasteiger charge is 2.29. The molecule has 1 saturated heterocycles. The van der Waals surface area contributed by atoms with Gasteiger partial charge in [-0.1, -0.05) is 5.16 Å². The first kappa shape index (κ1) is 15.7. The minimum atomic E-state index is -0.00796. The molecule has 0 aromatic carbocycles. The Balaban J connectivity index is 1.66. The van der Waals surface area contributed by atoms with Crippen molar-refractivity contribution in [2.45, 2.75) is 32.8 Å². The molecule has 128 valence electrons.